The smallest absolute Gasteiger partial charge is 0.247 e. The van der Waals surface area contributed by atoms with Crippen LogP contribution in [0.5, 0.6) is 0 Å². The van der Waals surface area contributed by atoms with E-state index in [1.54, 1.807) is 12.1 Å². The lowest BCUT2D eigenvalue weighted by Gasteiger charge is -2.15. The Kier molecular flexibility index (Phi) is 4.65. The fraction of sp³-hybridized carbons (Fsp3) is 0.167. The molecular weight excluding hydrogens is 393 g/mol. The number of aromatic nitrogens is 2. The first-order valence-electron chi connectivity index (χ1n) is 7.90. The number of carbonyl (C=O) groups excluding carboxylic acids is 2. The lowest BCUT2D eigenvalue weighted by atomic mass is 10.3. The number of halogens is 2. The monoisotopic (exact) mass is 405 g/mol. The highest BCUT2D eigenvalue weighted by Crippen LogP contribution is 2.34. The van der Waals surface area contributed by atoms with Gasteiger partial charge in [0, 0.05) is 6.42 Å². The Labute approximate surface area is 163 Å². The van der Waals surface area contributed by atoms with Gasteiger partial charge in [0.2, 0.25) is 11.8 Å². The number of imide groups is 1. The van der Waals surface area contributed by atoms with Gasteiger partial charge in [-0.3, -0.25) is 9.59 Å². The maximum absolute atomic E-state index is 12.7. The second kappa shape index (κ2) is 6.95. The highest BCUT2D eigenvalue weighted by Gasteiger charge is 2.40. The summed E-state index contributed by atoms with van der Waals surface area (Å²) < 4.78 is 0. The molecule has 2 amide bonds. The summed E-state index contributed by atoms with van der Waals surface area (Å²) in [5.74, 6) is 0.822. The molecule has 1 N–H and O–H groups in total. The fourth-order valence-corrected chi connectivity index (χ4v) is 4.18. The molecule has 3 aromatic rings. The maximum Gasteiger partial charge on any atom is 0.247 e. The van der Waals surface area contributed by atoms with Gasteiger partial charge in [-0.1, -0.05) is 35.3 Å². The first-order valence-corrected chi connectivity index (χ1v) is 9.70. The third-order valence-corrected chi connectivity index (χ3v) is 6.08. The summed E-state index contributed by atoms with van der Waals surface area (Å²) in [6, 6.07) is 12.5. The first-order chi connectivity index (χ1) is 12.5. The number of fused-ring (bicyclic) bond motifs is 1. The minimum absolute atomic E-state index is 0.157. The van der Waals surface area contributed by atoms with Crippen molar-refractivity contribution < 1.29 is 9.59 Å². The van der Waals surface area contributed by atoms with Crippen LogP contribution < -0.4 is 4.90 Å². The molecule has 1 atom stereocenters. The van der Waals surface area contributed by atoms with Crippen LogP contribution in [-0.4, -0.2) is 27.0 Å². The van der Waals surface area contributed by atoms with Crippen LogP contribution >= 0.6 is 35.0 Å². The molecule has 2 aromatic carbocycles. The number of carbonyl (C=O) groups is 2. The summed E-state index contributed by atoms with van der Waals surface area (Å²) in [4.78, 5) is 33.9. The molecule has 0 aliphatic carbocycles. The number of amides is 2. The van der Waals surface area contributed by atoms with Crippen molar-refractivity contribution in [2.24, 2.45) is 0 Å². The number of thioether (sulfide) groups is 1. The number of benzene rings is 2. The zero-order valence-corrected chi connectivity index (χ0v) is 15.7. The van der Waals surface area contributed by atoms with E-state index in [0.717, 1.165) is 16.9 Å². The average Bonchev–Trinajstić information content (AvgIpc) is 3.16. The van der Waals surface area contributed by atoms with E-state index >= 15 is 0 Å². The van der Waals surface area contributed by atoms with Gasteiger partial charge in [-0.25, -0.2) is 9.88 Å². The summed E-state index contributed by atoms with van der Waals surface area (Å²) >= 11 is 13.3. The van der Waals surface area contributed by atoms with Crippen molar-refractivity contribution in [3.63, 3.8) is 0 Å². The van der Waals surface area contributed by atoms with Crippen LogP contribution in [-0.2, 0) is 15.3 Å². The highest BCUT2D eigenvalue weighted by atomic mass is 35.5. The Bertz CT molecular complexity index is 988. The second-order valence-electron chi connectivity index (χ2n) is 5.87. The predicted octanol–water partition coefficient (Wildman–Crippen LogP) is 4.44. The minimum Gasteiger partial charge on any atom is -0.341 e. The molecule has 26 heavy (non-hydrogen) atoms. The summed E-state index contributed by atoms with van der Waals surface area (Å²) in [6.07, 6.45) is 0.157. The fourth-order valence-electron chi connectivity index (χ4n) is 2.88. The number of anilines is 1. The van der Waals surface area contributed by atoms with Gasteiger partial charge >= 0.3 is 0 Å². The van der Waals surface area contributed by atoms with E-state index < -0.39 is 5.25 Å². The number of imidazole rings is 1. The van der Waals surface area contributed by atoms with Gasteiger partial charge in [-0.05, 0) is 30.3 Å². The van der Waals surface area contributed by atoms with Gasteiger partial charge in [0.15, 0.2) is 0 Å². The molecular formula is C18H13Cl2N3O2S. The van der Waals surface area contributed by atoms with Crippen LogP contribution in [0.2, 0.25) is 10.0 Å². The first kappa shape index (κ1) is 17.4. The molecule has 0 bridgehead atoms. The van der Waals surface area contributed by atoms with E-state index in [9.17, 15) is 9.59 Å². The van der Waals surface area contributed by atoms with Crippen molar-refractivity contribution in [2.75, 3.05) is 4.90 Å². The van der Waals surface area contributed by atoms with Crippen molar-refractivity contribution in [1.82, 2.24) is 9.97 Å². The lowest BCUT2D eigenvalue weighted by Crippen LogP contribution is -2.31. The molecule has 4 rings (SSSR count). The number of hydrogen-bond donors (Lipinski definition) is 1. The van der Waals surface area contributed by atoms with Crippen LogP contribution in [0, 0.1) is 0 Å². The van der Waals surface area contributed by atoms with E-state index in [4.69, 9.17) is 23.2 Å². The van der Waals surface area contributed by atoms with Crippen LogP contribution in [0.1, 0.15) is 12.2 Å². The second-order valence-corrected chi connectivity index (χ2v) is 7.88. The van der Waals surface area contributed by atoms with Crippen LogP contribution in [0.3, 0.4) is 0 Å². The van der Waals surface area contributed by atoms with Crippen molar-refractivity contribution >= 4 is 63.5 Å². The standard InChI is InChI=1S/C18H13Cl2N3O2S/c19-11-6-5-10(7-12(11)20)23-17(24)8-15(18(23)25)26-9-16-21-13-3-1-2-4-14(13)22-16/h1-7,15H,8-9H2,(H,21,22)/t15-/m0/s1. The van der Waals surface area contributed by atoms with Crippen molar-refractivity contribution in [1.29, 1.82) is 0 Å². The molecule has 5 nitrogen and oxygen atoms in total. The third kappa shape index (κ3) is 3.20. The largest absolute Gasteiger partial charge is 0.341 e. The van der Waals surface area contributed by atoms with Gasteiger partial charge in [0.1, 0.15) is 5.82 Å². The molecule has 1 fully saturated rings. The zero-order chi connectivity index (χ0) is 18.3. The Morgan fingerprint density at radius 1 is 1.15 bits per heavy atom. The molecule has 0 saturated carbocycles. The number of nitrogens with one attached hydrogen (secondary N) is 1. The number of rotatable bonds is 4. The number of hydrogen-bond acceptors (Lipinski definition) is 4. The molecule has 0 unspecified atom stereocenters. The van der Waals surface area contributed by atoms with E-state index in [1.165, 1.54) is 22.7 Å². The topological polar surface area (TPSA) is 66.1 Å². The number of nitrogens with zero attached hydrogens (tertiary/aromatic N) is 2. The Hall–Kier alpha value is -2.02. The highest BCUT2D eigenvalue weighted by molar-refractivity contribution is 7.99. The number of aromatic amines is 1. The number of para-hydroxylation sites is 2. The Balaban J connectivity index is 1.49. The van der Waals surface area contributed by atoms with Gasteiger partial charge in [-0.15, -0.1) is 11.8 Å². The molecule has 2 heterocycles. The van der Waals surface area contributed by atoms with E-state index in [1.807, 2.05) is 24.3 Å². The van der Waals surface area contributed by atoms with Crippen LogP contribution in [0.15, 0.2) is 42.5 Å². The predicted molar refractivity (Wildman–Crippen MR) is 105 cm³/mol. The van der Waals surface area contributed by atoms with Crippen LogP contribution in [0.25, 0.3) is 11.0 Å². The molecule has 8 heteroatoms. The van der Waals surface area contributed by atoms with E-state index in [-0.39, 0.29) is 18.2 Å². The molecule has 1 aliphatic rings. The summed E-state index contributed by atoms with van der Waals surface area (Å²) in [5, 5.41) is 0.249. The van der Waals surface area contributed by atoms with Crippen molar-refractivity contribution in [3.05, 3.63) is 58.3 Å². The Morgan fingerprint density at radius 2 is 1.96 bits per heavy atom. The van der Waals surface area contributed by atoms with E-state index in [0.29, 0.717) is 21.5 Å². The molecule has 1 saturated heterocycles. The summed E-state index contributed by atoms with van der Waals surface area (Å²) in [5.41, 5.74) is 2.28. The molecule has 1 aliphatic heterocycles. The maximum atomic E-state index is 12.7. The van der Waals surface area contributed by atoms with Gasteiger partial charge in [-0.2, -0.15) is 0 Å². The number of H-pyrrole nitrogens is 1. The summed E-state index contributed by atoms with van der Waals surface area (Å²) in [7, 11) is 0. The van der Waals surface area contributed by atoms with Gasteiger partial charge < -0.3 is 4.98 Å². The van der Waals surface area contributed by atoms with Crippen LogP contribution in [0.4, 0.5) is 5.69 Å². The Morgan fingerprint density at radius 3 is 2.73 bits per heavy atom. The SMILES string of the molecule is O=C1C[C@H](SCc2nc3ccccc3[nH]2)C(=O)N1c1ccc(Cl)c(Cl)c1. The average molecular weight is 406 g/mol. The van der Waals surface area contributed by atoms with Gasteiger partial charge in [0.05, 0.1) is 37.8 Å². The molecule has 1 aromatic heterocycles. The molecule has 132 valence electrons. The minimum atomic E-state index is -0.440. The summed E-state index contributed by atoms with van der Waals surface area (Å²) in [6.45, 7) is 0. The molecule has 0 radical (unpaired) electrons. The molecule has 0 spiro atoms. The lowest BCUT2D eigenvalue weighted by molar-refractivity contribution is -0.121. The third-order valence-electron chi connectivity index (χ3n) is 4.13. The van der Waals surface area contributed by atoms with Crippen molar-refractivity contribution in [2.45, 2.75) is 17.4 Å². The quantitative estimate of drug-likeness (QED) is 0.651. The van der Waals surface area contributed by atoms with Crippen molar-refractivity contribution in [3.8, 4) is 0 Å². The zero-order valence-electron chi connectivity index (χ0n) is 13.4. The normalized spacial score (nSPS) is 17.5. The van der Waals surface area contributed by atoms with Gasteiger partial charge in [0.25, 0.3) is 0 Å². The van der Waals surface area contributed by atoms with E-state index in [2.05, 4.69) is 9.97 Å².